The van der Waals surface area contributed by atoms with Crippen molar-refractivity contribution in [1.82, 2.24) is 5.32 Å². The molecule has 0 fully saturated rings. The summed E-state index contributed by atoms with van der Waals surface area (Å²) >= 11 is 1.85. The van der Waals surface area contributed by atoms with Gasteiger partial charge in [0, 0.05) is 28.1 Å². The summed E-state index contributed by atoms with van der Waals surface area (Å²) in [6.07, 6.45) is 6.09. The SMILES string of the molecule is C#CCC(C)NC(C)c1cc2ccccc2s1. The van der Waals surface area contributed by atoms with Crippen LogP contribution in [0.3, 0.4) is 0 Å². The molecule has 1 aromatic carbocycles. The first kappa shape index (κ1) is 12.2. The molecule has 1 aromatic heterocycles. The maximum Gasteiger partial charge on any atom is 0.0388 e. The van der Waals surface area contributed by atoms with Crippen LogP contribution in [0.5, 0.6) is 0 Å². The van der Waals surface area contributed by atoms with Crippen molar-refractivity contribution in [2.45, 2.75) is 32.4 Å². The molecule has 0 bridgehead atoms. The highest BCUT2D eigenvalue weighted by molar-refractivity contribution is 7.19. The Morgan fingerprint density at radius 1 is 1.35 bits per heavy atom. The highest BCUT2D eigenvalue weighted by atomic mass is 32.1. The molecule has 0 aliphatic heterocycles. The number of hydrogen-bond acceptors (Lipinski definition) is 2. The number of nitrogens with one attached hydrogen (secondary N) is 1. The second-order valence-corrected chi connectivity index (χ2v) is 5.50. The van der Waals surface area contributed by atoms with Crippen molar-refractivity contribution in [2.75, 3.05) is 0 Å². The zero-order valence-corrected chi connectivity index (χ0v) is 11.1. The summed E-state index contributed by atoms with van der Waals surface area (Å²) in [5.41, 5.74) is 0. The Morgan fingerprint density at radius 3 is 2.82 bits per heavy atom. The molecule has 0 saturated heterocycles. The van der Waals surface area contributed by atoms with Gasteiger partial charge in [-0.1, -0.05) is 18.2 Å². The van der Waals surface area contributed by atoms with Crippen LogP contribution >= 0.6 is 11.3 Å². The Labute approximate surface area is 107 Å². The molecule has 2 rings (SSSR count). The summed E-state index contributed by atoms with van der Waals surface area (Å²) in [7, 11) is 0. The molecule has 0 radical (unpaired) electrons. The largest absolute Gasteiger partial charge is 0.306 e. The van der Waals surface area contributed by atoms with Crippen LogP contribution in [-0.4, -0.2) is 6.04 Å². The van der Waals surface area contributed by atoms with Gasteiger partial charge in [0.15, 0.2) is 0 Å². The molecular weight excluding hydrogens is 226 g/mol. The van der Waals surface area contributed by atoms with Crippen LogP contribution in [0, 0.1) is 12.3 Å². The third kappa shape index (κ3) is 2.88. The molecule has 0 saturated carbocycles. The molecule has 88 valence electrons. The minimum Gasteiger partial charge on any atom is -0.306 e. The number of benzene rings is 1. The first-order chi connectivity index (χ1) is 8.20. The average molecular weight is 243 g/mol. The summed E-state index contributed by atoms with van der Waals surface area (Å²) in [5, 5.41) is 4.85. The van der Waals surface area contributed by atoms with E-state index in [-0.39, 0.29) is 0 Å². The first-order valence-electron chi connectivity index (χ1n) is 5.88. The third-order valence-electron chi connectivity index (χ3n) is 2.83. The Bertz CT molecular complexity index is 502. The standard InChI is InChI=1S/C15H17NS/c1-4-7-11(2)16-12(3)15-10-13-8-5-6-9-14(13)17-15/h1,5-6,8-12,16H,7H2,2-3H3. The molecule has 0 aliphatic rings. The Kier molecular flexibility index (Phi) is 3.83. The summed E-state index contributed by atoms with van der Waals surface area (Å²) in [4.78, 5) is 1.37. The minimum absolute atomic E-state index is 0.357. The van der Waals surface area contributed by atoms with Crippen molar-refractivity contribution in [3.8, 4) is 12.3 Å². The van der Waals surface area contributed by atoms with Gasteiger partial charge in [0.2, 0.25) is 0 Å². The van der Waals surface area contributed by atoms with Gasteiger partial charge >= 0.3 is 0 Å². The summed E-state index contributed by atoms with van der Waals surface area (Å²) < 4.78 is 1.35. The van der Waals surface area contributed by atoms with E-state index >= 15 is 0 Å². The minimum atomic E-state index is 0.357. The van der Waals surface area contributed by atoms with Crippen molar-refractivity contribution in [1.29, 1.82) is 0 Å². The van der Waals surface area contributed by atoms with Crippen LogP contribution in [0.25, 0.3) is 10.1 Å². The van der Waals surface area contributed by atoms with Crippen LogP contribution in [0.1, 0.15) is 31.2 Å². The van der Waals surface area contributed by atoms with Gasteiger partial charge < -0.3 is 5.32 Å². The van der Waals surface area contributed by atoms with Gasteiger partial charge in [0.1, 0.15) is 0 Å². The molecule has 17 heavy (non-hydrogen) atoms. The lowest BCUT2D eigenvalue weighted by molar-refractivity contribution is 0.491. The van der Waals surface area contributed by atoms with E-state index in [0.29, 0.717) is 12.1 Å². The number of terminal acetylenes is 1. The normalized spacial score (nSPS) is 14.4. The van der Waals surface area contributed by atoms with Crippen LogP contribution in [0.2, 0.25) is 0 Å². The molecule has 2 heteroatoms. The van der Waals surface area contributed by atoms with Crippen molar-refractivity contribution < 1.29 is 0 Å². The van der Waals surface area contributed by atoms with E-state index in [4.69, 9.17) is 6.42 Å². The molecule has 2 unspecified atom stereocenters. The van der Waals surface area contributed by atoms with Crippen molar-refractivity contribution in [3.05, 3.63) is 35.2 Å². The smallest absolute Gasteiger partial charge is 0.0388 e. The van der Waals surface area contributed by atoms with Crippen LogP contribution < -0.4 is 5.32 Å². The number of fused-ring (bicyclic) bond motifs is 1. The van der Waals surface area contributed by atoms with Crippen LogP contribution in [0.4, 0.5) is 0 Å². The molecule has 0 aliphatic carbocycles. The van der Waals surface area contributed by atoms with E-state index < -0.39 is 0 Å². The fraction of sp³-hybridized carbons (Fsp3) is 0.333. The fourth-order valence-corrected chi connectivity index (χ4v) is 3.04. The lowest BCUT2D eigenvalue weighted by Gasteiger charge is -2.16. The highest BCUT2D eigenvalue weighted by Gasteiger charge is 2.11. The predicted octanol–water partition coefficient (Wildman–Crippen LogP) is 3.96. The van der Waals surface area contributed by atoms with Crippen molar-refractivity contribution in [3.63, 3.8) is 0 Å². The molecular formula is C15H17NS. The Hall–Kier alpha value is -1.30. The zero-order valence-electron chi connectivity index (χ0n) is 10.2. The summed E-state index contributed by atoms with van der Waals surface area (Å²) in [5.74, 6) is 2.69. The van der Waals surface area contributed by atoms with Gasteiger partial charge in [0.25, 0.3) is 0 Å². The topological polar surface area (TPSA) is 12.0 Å². The molecule has 1 heterocycles. The monoisotopic (exact) mass is 243 g/mol. The molecule has 1 N–H and O–H groups in total. The number of rotatable bonds is 4. The summed E-state index contributed by atoms with van der Waals surface area (Å²) in [6.45, 7) is 4.32. The molecule has 2 atom stereocenters. The second kappa shape index (κ2) is 5.35. The Morgan fingerprint density at radius 2 is 2.12 bits per heavy atom. The Balaban J connectivity index is 2.14. The molecule has 2 aromatic rings. The number of hydrogen-bond donors (Lipinski definition) is 1. The van der Waals surface area contributed by atoms with Crippen LogP contribution in [0.15, 0.2) is 30.3 Å². The fourth-order valence-electron chi connectivity index (χ4n) is 1.96. The average Bonchev–Trinajstić information content (AvgIpc) is 2.72. The first-order valence-corrected chi connectivity index (χ1v) is 6.70. The van der Waals surface area contributed by atoms with Gasteiger partial charge in [-0.05, 0) is 31.4 Å². The van der Waals surface area contributed by atoms with E-state index in [1.807, 2.05) is 11.3 Å². The van der Waals surface area contributed by atoms with Gasteiger partial charge in [-0.2, -0.15) is 0 Å². The van der Waals surface area contributed by atoms with Crippen LogP contribution in [-0.2, 0) is 0 Å². The third-order valence-corrected chi connectivity index (χ3v) is 4.13. The van der Waals surface area contributed by atoms with E-state index in [1.54, 1.807) is 0 Å². The van der Waals surface area contributed by atoms with E-state index in [2.05, 4.69) is 55.4 Å². The number of thiophene rings is 1. The zero-order chi connectivity index (χ0) is 12.3. The van der Waals surface area contributed by atoms with Gasteiger partial charge in [-0.3, -0.25) is 0 Å². The van der Waals surface area contributed by atoms with Gasteiger partial charge in [-0.15, -0.1) is 23.7 Å². The van der Waals surface area contributed by atoms with Crippen molar-refractivity contribution in [2.24, 2.45) is 0 Å². The van der Waals surface area contributed by atoms with E-state index in [0.717, 1.165) is 6.42 Å². The lowest BCUT2D eigenvalue weighted by Crippen LogP contribution is -2.27. The maximum absolute atomic E-state index is 5.32. The summed E-state index contributed by atoms with van der Waals surface area (Å²) in [6, 6.07) is 11.5. The van der Waals surface area contributed by atoms with E-state index in [9.17, 15) is 0 Å². The lowest BCUT2D eigenvalue weighted by atomic mass is 10.2. The quantitative estimate of drug-likeness (QED) is 0.801. The second-order valence-electron chi connectivity index (χ2n) is 4.38. The van der Waals surface area contributed by atoms with Gasteiger partial charge in [-0.25, -0.2) is 0 Å². The molecule has 0 amide bonds. The van der Waals surface area contributed by atoms with Crippen molar-refractivity contribution >= 4 is 21.4 Å². The molecule has 0 spiro atoms. The highest BCUT2D eigenvalue weighted by Crippen LogP contribution is 2.29. The van der Waals surface area contributed by atoms with E-state index in [1.165, 1.54) is 15.0 Å². The molecule has 1 nitrogen and oxygen atoms in total. The maximum atomic E-state index is 5.32. The van der Waals surface area contributed by atoms with Gasteiger partial charge in [0.05, 0.1) is 0 Å². The predicted molar refractivity (Wildman–Crippen MR) is 76.3 cm³/mol.